The summed E-state index contributed by atoms with van der Waals surface area (Å²) in [6.45, 7) is 0.541. The van der Waals surface area contributed by atoms with Crippen LogP contribution in [0.2, 0.25) is 10.0 Å². The molecule has 0 spiro atoms. The number of hydrogen-bond acceptors (Lipinski definition) is 3. The van der Waals surface area contributed by atoms with E-state index in [0.717, 1.165) is 21.9 Å². The lowest BCUT2D eigenvalue weighted by Gasteiger charge is -2.15. The van der Waals surface area contributed by atoms with Gasteiger partial charge in [0, 0.05) is 27.7 Å². The molecule has 0 heterocycles. The number of rotatable bonds is 6. The molecule has 27 heavy (non-hydrogen) atoms. The molecule has 1 amide bonds. The number of nitriles is 1. The third-order valence-electron chi connectivity index (χ3n) is 4.10. The number of nitrogens with zero attached hydrogens (tertiary/aromatic N) is 1. The van der Waals surface area contributed by atoms with Crippen LogP contribution in [0, 0.1) is 11.3 Å². The van der Waals surface area contributed by atoms with Gasteiger partial charge in [-0.05, 0) is 29.0 Å². The number of amides is 1. The zero-order valence-electron chi connectivity index (χ0n) is 14.3. The number of carbonyl (C=O) groups excluding carboxylic acids is 1. The van der Waals surface area contributed by atoms with E-state index < -0.39 is 0 Å². The van der Waals surface area contributed by atoms with E-state index in [-0.39, 0.29) is 25.5 Å². The molecule has 0 radical (unpaired) electrons. The van der Waals surface area contributed by atoms with Gasteiger partial charge in [-0.2, -0.15) is 5.26 Å². The summed E-state index contributed by atoms with van der Waals surface area (Å²) in [6.07, 6.45) is -0.179. The predicted octanol–water partition coefficient (Wildman–Crippen LogP) is 5.26. The van der Waals surface area contributed by atoms with Gasteiger partial charge in [0.2, 0.25) is 5.91 Å². The van der Waals surface area contributed by atoms with Gasteiger partial charge in [0.25, 0.3) is 0 Å². The molecule has 0 unspecified atom stereocenters. The lowest BCUT2D eigenvalue weighted by atomic mass is 10.0. The van der Waals surface area contributed by atoms with Crippen molar-refractivity contribution in [1.29, 1.82) is 5.26 Å². The Morgan fingerprint density at radius 2 is 1.93 bits per heavy atom. The molecule has 0 aliphatic rings. The van der Waals surface area contributed by atoms with Crippen LogP contribution in [0.15, 0.2) is 54.6 Å². The fraction of sp³-hybridized carbons (Fsp3) is 0.143. The molecule has 0 aliphatic heterocycles. The Hall–Kier alpha value is -2.74. The number of nitrogens with one attached hydrogen (secondary N) is 1. The van der Waals surface area contributed by atoms with E-state index in [2.05, 4.69) is 5.32 Å². The Morgan fingerprint density at radius 1 is 1.11 bits per heavy atom. The summed E-state index contributed by atoms with van der Waals surface area (Å²) in [6, 6.07) is 18.8. The minimum atomic E-state index is -0.322. The molecule has 3 aromatic rings. The Bertz CT molecular complexity index is 1030. The van der Waals surface area contributed by atoms with Crippen molar-refractivity contribution in [3.8, 4) is 11.8 Å². The average Bonchev–Trinajstić information content (AvgIpc) is 2.66. The van der Waals surface area contributed by atoms with Crippen LogP contribution in [0.5, 0.6) is 5.75 Å². The molecule has 4 nitrogen and oxygen atoms in total. The third kappa shape index (κ3) is 4.71. The van der Waals surface area contributed by atoms with Crippen LogP contribution >= 0.6 is 23.2 Å². The van der Waals surface area contributed by atoms with Gasteiger partial charge in [0.15, 0.2) is 0 Å². The van der Waals surface area contributed by atoms with Crippen LogP contribution in [0.3, 0.4) is 0 Å². The lowest BCUT2D eigenvalue weighted by molar-refractivity contribution is -0.120. The Kier molecular flexibility index (Phi) is 6.18. The fourth-order valence-electron chi connectivity index (χ4n) is 2.75. The molecule has 136 valence electrons. The lowest BCUT2D eigenvalue weighted by Crippen LogP contribution is -2.22. The second-order valence-electron chi connectivity index (χ2n) is 5.90. The largest absolute Gasteiger partial charge is 0.488 e. The minimum absolute atomic E-state index is 0.179. The van der Waals surface area contributed by atoms with Gasteiger partial charge < -0.3 is 10.1 Å². The third-order valence-corrected chi connectivity index (χ3v) is 4.68. The van der Waals surface area contributed by atoms with E-state index in [0.29, 0.717) is 15.8 Å². The van der Waals surface area contributed by atoms with E-state index in [1.54, 1.807) is 12.1 Å². The summed E-state index contributed by atoms with van der Waals surface area (Å²) in [4.78, 5) is 11.7. The van der Waals surface area contributed by atoms with Gasteiger partial charge in [-0.25, -0.2) is 0 Å². The molecule has 0 aliphatic carbocycles. The van der Waals surface area contributed by atoms with Crippen molar-refractivity contribution in [2.45, 2.75) is 19.6 Å². The molecule has 6 heteroatoms. The topological polar surface area (TPSA) is 62.1 Å². The molecule has 0 aromatic heterocycles. The maximum Gasteiger partial charge on any atom is 0.234 e. The fourth-order valence-corrected chi connectivity index (χ4v) is 3.21. The van der Waals surface area contributed by atoms with Crippen molar-refractivity contribution >= 4 is 39.9 Å². The van der Waals surface area contributed by atoms with Crippen molar-refractivity contribution in [2.75, 3.05) is 0 Å². The van der Waals surface area contributed by atoms with Crippen LogP contribution < -0.4 is 10.1 Å². The summed E-state index contributed by atoms with van der Waals surface area (Å²) in [5.74, 6) is 0.328. The number of fused-ring (bicyclic) bond motifs is 1. The van der Waals surface area contributed by atoms with E-state index >= 15 is 0 Å². The average molecular weight is 399 g/mol. The number of halogens is 2. The first-order valence-electron chi connectivity index (χ1n) is 8.29. The van der Waals surface area contributed by atoms with Crippen LogP contribution in [0.25, 0.3) is 10.8 Å². The normalized spacial score (nSPS) is 10.4. The van der Waals surface area contributed by atoms with Crippen LogP contribution in [0.4, 0.5) is 0 Å². The molecule has 3 rings (SSSR count). The highest BCUT2D eigenvalue weighted by Crippen LogP contribution is 2.30. The second-order valence-corrected chi connectivity index (χ2v) is 6.74. The number of ether oxygens (including phenoxy) is 1. The smallest absolute Gasteiger partial charge is 0.234 e. The molecule has 0 fully saturated rings. The summed E-state index contributed by atoms with van der Waals surface area (Å²) >= 11 is 12.1. The summed E-state index contributed by atoms with van der Waals surface area (Å²) < 4.78 is 6.00. The van der Waals surface area contributed by atoms with Crippen molar-refractivity contribution in [1.82, 2.24) is 5.32 Å². The molecular weight excluding hydrogens is 383 g/mol. The quantitative estimate of drug-likeness (QED) is 0.616. The van der Waals surface area contributed by atoms with Crippen molar-refractivity contribution < 1.29 is 9.53 Å². The van der Waals surface area contributed by atoms with Crippen LogP contribution in [-0.2, 0) is 17.9 Å². The molecule has 3 aromatic carbocycles. The van der Waals surface area contributed by atoms with E-state index in [1.165, 1.54) is 0 Å². The Balaban J connectivity index is 1.88. The maximum absolute atomic E-state index is 11.7. The molecule has 0 atom stereocenters. The van der Waals surface area contributed by atoms with E-state index in [1.807, 2.05) is 48.5 Å². The zero-order chi connectivity index (χ0) is 19.2. The standard InChI is InChI=1S/C21H16Cl2N2O2/c22-16-7-5-15(19(23)11-16)13-27-20-8-6-14-3-1-2-4-17(14)18(20)12-25-21(26)9-10-24/h1-8,11H,9,12-13H2,(H,25,26). The highest BCUT2D eigenvalue weighted by molar-refractivity contribution is 6.35. The molecule has 1 N–H and O–H groups in total. The molecule has 0 bridgehead atoms. The van der Waals surface area contributed by atoms with Gasteiger partial charge in [0.05, 0.1) is 6.07 Å². The first-order valence-corrected chi connectivity index (χ1v) is 9.05. The van der Waals surface area contributed by atoms with Crippen molar-refractivity contribution in [3.63, 3.8) is 0 Å². The highest BCUT2D eigenvalue weighted by atomic mass is 35.5. The van der Waals surface area contributed by atoms with Crippen LogP contribution in [0.1, 0.15) is 17.5 Å². The van der Waals surface area contributed by atoms with Crippen molar-refractivity contribution in [3.05, 3.63) is 75.8 Å². The number of carbonyl (C=O) groups is 1. The van der Waals surface area contributed by atoms with Gasteiger partial charge in [-0.15, -0.1) is 0 Å². The molecular formula is C21H16Cl2N2O2. The monoisotopic (exact) mass is 398 g/mol. The number of benzene rings is 3. The van der Waals surface area contributed by atoms with E-state index in [9.17, 15) is 4.79 Å². The summed E-state index contributed by atoms with van der Waals surface area (Å²) in [5, 5.41) is 14.5. The van der Waals surface area contributed by atoms with Crippen molar-refractivity contribution in [2.24, 2.45) is 0 Å². The van der Waals surface area contributed by atoms with E-state index in [4.69, 9.17) is 33.2 Å². The minimum Gasteiger partial charge on any atom is -0.488 e. The Labute approximate surface area is 167 Å². The predicted molar refractivity (Wildman–Crippen MR) is 107 cm³/mol. The second kappa shape index (κ2) is 8.77. The Morgan fingerprint density at radius 3 is 2.70 bits per heavy atom. The first-order chi connectivity index (χ1) is 13.1. The van der Waals surface area contributed by atoms with Crippen LogP contribution in [-0.4, -0.2) is 5.91 Å². The van der Waals surface area contributed by atoms with Gasteiger partial charge in [0.1, 0.15) is 18.8 Å². The van der Waals surface area contributed by atoms with Gasteiger partial charge in [-0.1, -0.05) is 59.6 Å². The SMILES string of the molecule is N#CCC(=O)NCc1c(OCc2ccc(Cl)cc2Cl)ccc2ccccc12. The molecule has 0 saturated heterocycles. The summed E-state index contributed by atoms with van der Waals surface area (Å²) in [5.41, 5.74) is 1.66. The summed E-state index contributed by atoms with van der Waals surface area (Å²) in [7, 11) is 0. The zero-order valence-corrected chi connectivity index (χ0v) is 15.8. The first kappa shape index (κ1) is 19.0. The van der Waals surface area contributed by atoms with Gasteiger partial charge >= 0.3 is 0 Å². The number of hydrogen-bond donors (Lipinski definition) is 1. The van der Waals surface area contributed by atoms with Gasteiger partial charge in [-0.3, -0.25) is 4.79 Å². The highest BCUT2D eigenvalue weighted by Gasteiger charge is 2.12. The maximum atomic E-state index is 11.7. The molecule has 0 saturated carbocycles.